The number of ether oxygens (including phenoxy) is 2. The number of hydrogen-bond donors (Lipinski definition) is 1. The molecule has 0 bridgehead atoms. The highest BCUT2D eigenvalue weighted by Gasteiger charge is 2.17. The monoisotopic (exact) mass is 335 g/mol. The molecule has 2 rings (SSSR count). The summed E-state index contributed by atoms with van der Waals surface area (Å²) in [5.41, 5.74) is 0.412. The van der Waals surface area contributed by atoms with Crippen molar-refractivity contribution >= 4 is 15.7 Å². The molecule has 124 valence electrons. The van der Waals surface area contributed by atoms with Gasteiger partial charge in [0.25, 0.3) is 10.0 Å². The Morgan fingerprint density at radius 1 is 1.04 bits per heavy atom. The molecule has 0 radical (unpaired) electrons. The Bertz CT molecular complexity index is 739. The first-order valence-electron chi connectivity index (χ1n) is 7.43. The molecule has 5 nitrogen and oxygen atoms in total. The molecule has 0 unspecified atom stereocenters. The lowest BCUT2D eigenvalue weighted by molar-refractivity contribution is 0.244. The van der Waals surface area contributed by atoms with Gasteiger partial charge in [-0.15, -0.1) is 0 Å². The van der Waals surface area contributed by atoms with Gasteiger partial charge in [-0.3, -0.25) is 4.72 Å². The molecule has 6 heteroatoms. The average molecular weight is 335 g/mol. The fraction of sp³-hybridized carbons (Fsp3) is 0.294. The molecule has 0 aliphatic carbocycles. The van der Waals surface area contributed by atoms with Gasteiger partial charge < -0.3 is 9.47 Å². The molecular weight excluding hydrogens is 314 g/mol. The van der Waals surface area contributed by atoms with Gasteiger partial charge in [0.05, 0.1) is 23.3 Å². The smallest absolute Gasteiger partial charge is 0.262 e. The molecule has 0 atom stereocenters. The summed E-state index contributed by atoms with van der Waals surface area (Å²) in [4.78, 5) is 0.167. The van der Waals surface area contributed by atoms with Crippen molar-refractivity contribution in [3.8, 4) is 11.5 Å². The molecule has 0 amide bonds. The largest absolute Gasteiger partial charge is 0.494 e. The number of rotatable bonds is 7. The highest BCUT2D eigenvalue weighted by Crippen LogP contribution is 2.28. The predicted octanol–water partition coefficient (Wildman–Crippen LogP) is 3.67. The van der Waals surface area contributed by atoms with Crippen LogP contribution in [-0.4, -0.2) is 21.1 Å². The van der Waals surface area contributed by atoms with Crippen molar-refractivity contribution in [1.29, 1.82) is 0 Å². The van der Waals surface area contributed by atoms with Gasteiger partial charge in [0, 0.05) is 0 Å². The summed E-state index contributed by atoms with van der Waals surface area (Å²) in [7, 11) is -3.69. The molecule has 0 aliphatic heterocycles. The van der Waals surface area contributed by atoms with Crippen molar-refractivity contribution in [2.24, 2.45) is 0 Å². The van der Waals surface area contributed by atoms with E-state index in [2.05, 4.69) is 4.72 Å². The second-order valence-corrected chi connectivity index (χ2v) is 6.86. The summed E-state index contributed by atoms with van der Waals surface area (Å²) in [6.45, 7) is 6.18. The molecule has 0 fully saturated rings. The zero-order chi connectivity index (χ0) is 16.9. The predicted molar refractivity (Wildman–Crippen MR) is 90.6 cm³/mol. The van der Waals surface area contributed by atoms with E-state index in [0.29, 0.717) is 23.8 Å². The average Bonchev–Trinajstić information content (AvgIpc) is 2.49. The van der Waals surface area contributed by atoms with Crippen LogP contribution in [0.25, 0.3) is 0 Å². The van der Waals surface area contributed by atoms with Gasteiger partial charge in [-0.2, -0.15) is 0 Å². The van der Waals surface area contributed by atoms with Crippen LogP contribution in [0.2, 0.25) is 0 Å². The number of benzene rings is 2. The van der Waals surface area contributed by atoms with Crippen molar-refractivity contribution in [2.75, 3.05) is 11.3 Å². The first kappa shape index (κ1) is 17.1. The summed E-state index contributed by atoms with van der Waals surface area (Å²) in [5, 5.41) is 0. The van der Waals surface area contributed by atoms with Crippen LogP contribution in [0.4, 0.5) is 5.69 Å². The van der Waals surface area contributed by atoms with Gasteiger partial charge >= 0.3 is 0 Å². The quantitative estimate of drug-likeness (QED) is 0.838. The van der Waals surface area contributed by atoms with Crippen LogP contribution < -0.4 is 14.2 Å². The third-order valence-electron chi connectivity index (χ3n) is 2.94. The molecule has 2 aromatic carbocycles. The fourth-order valence-electron chi connectivity index (χ4n) is 1.99. The van der Waals surface area contributed by atoms with E-state index >= 15 is 0 Å². The van der Waals surface area contributed by atoms with Crippen LogP contribution in [0.1, 0.15) is 20.8 Å². The van der Waals surface area contributed by atoms with Gasteiger partial charge in [-0.25, -0.2) is 8.42 Å². The Labute approximate surface area is 137 Å². The zero-order valence-corrected chi connectivity index (χ0v) is 14.3. The number of para-hydroxylation sites is 2. The number of hydrogen-bond acceptors (Lipinski definition) is 4. The van der Waals surface area contributed by atoms with Gasteiger partial charge in [0.15, 0.2) is 0 Å². The molecule has 0 aromatic heterocycles. The maximum absolute atomic E-state index is 12.5. The molecule has 1 N–H and O–H groups in total. The van der Waals surface area contributed by atoms with E-state index in [1.165, 1.54) is 12.1 Å². The summed E-state index contributed by atoms with van der Waals surface area (Å²) >= 11 is 0. The van der Waals surface area contributed by atoms with Crippen molar-refractivity contribution < 1.29 is 17.9 Å². The van der Waals surface area contributed by atoms with E-state index in [-0.39, 0.29) is 11.0 Å². The topological polar surface area (TPSA) is 64.6 Å². The number of sulfonamides is 1. The first-order chi connectivity index (χ1) is 10.9. The third-order valence-corrected chi connectivity index (χ3v) is 4.32. The summed E-state index contributed by atoms with van der Waals surface area (Å²) in [6, 6.07) is 13.2. The van der Waals surface area contributed by atoms with Gasteiger partial charge in [0.1, 0.15) is 11.5 Å². The molecular formula is C17H21NO4S. The van der Waals surface area contributed by atoms with Crippen LogP contribution in [0.5, 0.6) is 11.5 Å². The van der Waals surface area contributed by atoms with E-state index in [1.807, 2.05) is 20.8 Å². The lowest BCUT2D eigenvalue weighted by Crippen LogP contribution is -2.15. The van der Waals surface area contributed by atoms with Crippen LogP contribution in [0.15, 0.2) is 53.4 Å². The summed E-state index contributed by atoms with van der Waals surface area (Å²) < 4.78 is 38.5. The second-order valence-electron chi connectivity index (χ2n) is 5.17. The van der Waals surface area contributed by atoms with E-state index in [0.717, 1.165) is 0 Å². The molecule has 0 heterocycles. The Hall–Kier alpha value is -2.21. The normalized spacial score (nSPS) is 11.3. The third kappa shape index (κ3) is 4.63. The maximum Gasteiger partial charge on any atom is 0.262 e. The van der Waals surface area contributed by atoms with Crippen LogP contribution >= 0.6 is 0 Å². The standard InChI is InChI=1S/C17H21NO4S/c1-4-21-14-9-11-15(12-10-14)23(19,20)18-16-7-5-6-8-17(16)22-13(2)3/h5-13,18H,4H2,1-3H3. The first-order valence-corrected chi connectivity index (χ1v) is 8.92. The van der Waals surface area contributed by atoms with Gasteiger partial charge in [-0.05, 0) is 57.2 Å². The van der Waals surface area contributed by atoms with E-state index in [9.17, 15) is 8.42 Å². The minimum Gasteiger partial charge on any atom is -0.494 e. The van der Waals surface area contributed by atoms with Crippen molar-refractivity contribution in [1.82, 2.24) is 0 Å². The molecule has 2 aromatic rings. The maximum atomic E-state index is 12.5. The van der Waals surface area contributed by atoms with E-state index in [1.54, 1.807) is 36.4 Å². The highest BCUT2D eigenvalue weighted by atomic mass is 32.2. The van der Waals surface area contributed by atoms with Gasteiger partial charge in [-0.1, -0.05) is 12.1 Å². The summed E-state index contributed by atoms with van der Waals surface area (Å²) in [5.74, 6) is 1.13. The van der Waals surface area contributed by atoms with E-state index in [4.69, 9.17) is 9.47 Å². The minimum absolute atomic E-state index is 0.0499. The lowest BCUT2D eigenvalue weighted by atomic mass is 10.3. The number of nitrogens with one attached hydrogen (secondary N) is 1. The van der Waals surface area contributed by atoms with E-state index < -0.39 is 10.0 Å². The molecule has 23 heavy (non-hydrogen) atoms. The zero-order valence-electron chi connectivity index (χ0n) is 13.4. The number of anilines is 1. The minimum atomic E-state index is -3.69. The van der Waals surface area contributed by atoms with Crippen molar-refractivity contribution in [3.05, 3.63) is 48.5 Å². The molecule has 0 aliphatic rings. The van der Waals surface area contributed by atoms with Crippen molar-refractivity contribution in [3.63, 3.8) is 0 Å². The second kappa shape index (κ2) is 7.37. The van der Waals surface area contributed by atoms with Crippen LogP contribution in [0, 0.1) is 0 Å². The Kier molecular flexibility index (Phi) is 5.50. The summed E-state index contributed by atoms with van der Waals surface area (Å²) in [6.07, 6.45) is -0.0499. The molecule has 0 spiro atoms. The highest BCUT2D eigenvalue weighted by molar-refractivity contribution is 7.92. The fourth-order valence-corrected chi connectivity index (χ4v) is 3.06. The van der Waals surface area contributed by atoms with Crippen LogP contribution in [0.3, 0.4) is 0 Å². The SMILES string of the molecule is CCOc1ccc(S(=O)(=O)Nc2ccccc2OC(C)C)cc1. The Balaban J connectivity index is 2.24. The van der Waals surface area contributed by atoms with Crippen LogP contribution in [-0.2, 0) is 10.0 Å². The Morgan fingerprint density at radius 2 is 1.70 bits per heavy atom. The Morgan fingerprint density at radius 3 is 2.30 bits per heavy atom. The molecule has 0 saturated heterocycles. The lowest BCUT2D eigenvalue weighted by Gasteiger charge is -2.15. The van der Waals surface area contributed by atoms with Crippen molar-refractivity contribution in [2.45, 2.75) is 31.8 Å². The van der Waals surface area contributed by atoms with Gasteiger partial charge in [0.2, 0.25) is 0 Å². The molecule has 0 saturated carbocycles.